The van der Waals surface area contributed by atoms with Crippen LogP contribution in [0.1, 0.15) is 44.8 Å². The first-order valence-corrected chi connectivity index (χ1v) is 7.31. The summed E-state index contributed by atoms with van der Waals surface area (Å²) in [4.78, 5) is 15.4. The molecule has 1 aliphatic rings. The van der Waals surface area contributed by atoms with E-state index in [1.165, 1.54) is 0 Å². The standard InChI is InChI=1S/C14H23N3O3/c1-9(2)6-12-16-13(20-17-12)8-15-7-10-4-3-5-11(10)14(18)19/h9-11,15H,3-8H2,1-2H3,(H,18,19). The molecule has 1 aromatic heterocycles. The second kappa shape index (κ2) is 6.83. The predicted octanol–water partition coefficient (Wildman–Crippen LogP) is 1.86. The van der Waals surface area contributed by atoms with Crippen LogP contribution in [-0.2, 0) is 17.8 Å². The van der Waals surface area contributed by atoms with Gasteiger partial charge in [-0.1, -0.05) is 25.4 Å². The lowest BCUT2D eigenvalue weighted by molar-refractivity contribution is -0.142. The molecule has 0 aliphatic heterocycles. The lowest BCUT2D eigenvalue weighted by Gasteiger charge is -2.15. The van der Waals surface area contributed by atoms with E-state index in [-0.39, 0.29) is 11.8 Å². The van der Waals surface area contributed by atoms with Crippen molar-refractivity contribution in [3.63, 3.8) is 0 Å². The molecule has 0 radical (unpaired) electrons. The second-order valence-corrected chi connectivity index (χ2v) is 5.97. The zero-order chi connectivity index (χ0) is 14.5. The number of hydrogen-bond donors (Lipinski definition) is 2. The van der Waals surface area contributed by atoms with Gasteiger partial charge in [-0.05, 0) is 31.2 Å². The quantitative estimate of drug-likeness (QED) is 0.793. The van der Waals surface area contributed by atoms with Crippen molar-refractivity contribution in [2.75, 3.05) is 6.54 Å². The Kier molecular flexibility index (Phi) is 5.11. The van der Waals surface area contributed by atoms with Crippen molar-refractivity contribution in [1.29, 1.82) is 0 Å². The largest absolute Gasteiger partial charge is 0.481 e. The average Bonchev–Trinajstić information content (AvgIpc) is 2.98. The molecule has 0 saturated heterocycles. The molecule has 1 saturated carbocycles. The summed E-state index contributed by atoms with van der Waals surface area (Å²) in [5.74, 6) is 1.15. The molecule has 1 aromatic rings. The van der Waals surface area contributed by atoms with Gasteiger partial charge in [0, 0.05) is 6.42 Å². The van der Waals surface area contributed by atoms with Crippen LogP contribution in [0.2, 0.25) is 0 Å². The molecule has 2 unspecified atom stereocenters. The number of carboxylic acids is 1. The number of carbonyl (C=O) groups is 1. The smallest absolute Gasteiger partial charge is 0.306 e. The Morgan fingerprint density at radius 3 is 3.00 bits per heavy atom. The number of aromatic nitrogens is 2. The van der Waals surface area contributed by atoms with Crippen molar-refractivity contribution in [3.05, 3.63) is 11.7 Å². The van der Waals surface area contributed by atoms with E-state index in [2.05, 4.69) is 29.3 Å². The highest BCUT2D eigenvalue weighted by atomic mass is 16.5. The number of rotatable bonds is 7. The van der Waals surface area contributed by atoms with Crippen molar-refractivity contribution in [3.8, 4) is 0 Å². The van der Waals surface area contributed by atoms with Gasteiger partial charge in [0.05, 0.1) is 12.5 Å². The maximum Gasteiger partial charge on any atom is 0.306 e. The SMILES string of the molecule is CC(C)Cc1noc(CNCC2CCCC2C(=O)O)n1. The van der Waals surface area contributed by atoms with Gasteiger partial charge < -0.3 is 14.9 Å². The molecule has 2 atom stereocenters. The van der Waals surface area contributed by atoms with Crippen molar-refractivity contribution in [2.24, 2.45) is 17.8 Å². The van der Waals surface area contributed by atoms with Crippen molar-refractivity contribution < 1.29 is 14.4 Å². The Hall–Kier alpha value is -1.43. The van der Waals surface area contributed by atoms with E-state index < -0.39 is 5.97 Å². The first kappa shape index (κ1) is 15.0. The topological polar surface area (TPSA) is 88.2 Å². The van der Waals surface area contributed by atoms with Crippen LogP contribution in [0.25, 0.3) is 0 Å². The second-order valence-electron chi connectivity index (χ2n) is 5.97. The Labute approximate surface area is 118 Å². The molecule has 6 heteroatoms. The van der Waals surface area contributed by atoms with Crippen LogP contribution in [0, 0.1) is 17.8 Å². The molecule has 2 N–H and O–H groups in total. The molecule has 0 bridgehead atoms. The third-order valence-electron chi connectivity index (χ3n) is 3.76. The Balaban J connectivity index is 1.75. The maximum absolute atomic E-state index is 11.1. The highest BCUT2D eigenvalue weighted by molar-refractivity contribution is 5.70. The third kappa shape index (κ3) is 4.03. The number of nitrogens with zero attached hydrogens (tertiary/aromatic N) is 2. The summed E-state index contributed by atoms with van der Waals surface area (Å²) in [6.07, 6.45) is 3.59. The van der Waals surface area contributed by atoms with Crippen LogP contribution in [0.3, 0.4) is 0 Å². The molecule has 6 nitrogen and oxygen atoms in total. The molecule has 2 rings (SSSR count). The first-order valence-electron chi connectivity index (χ1n) is 7.31. The van der Waals surface area contributed by atoms with Gasteiger partial charge in [-0.2, -0.15) is 4.98 Å². The average molecular weight is 281 g/mol. The van der Waals surface area contributed by atoms with E-state index in [1.807, 2.05) is 0 Å². The van der Waals surface area contributed by atoms with Gasteiger partial charge in [0.1, 0.15) is 0 Å². The number of hydrogen-bond acceptors (Lipinski definition) is 5. The van der Waals surface area contributed by atoms with E-state index in [9.17, 15) is 4.79 Å². The zero-order valence-electron chi connectivity index (χ0n) is 12.1. The summed E-state index contributed by atoms with van der Waals surface area (Å²) < 4.78 is 5.16. The summed E-state index contributed by atoms with van der Waals surface area (Å²) >= 11 is 0. The molecular formula is C14H23N3O3. The minimum absolute atomic E-state index is 0.207. The van der Waals surface area contributed by atoms with Crippen LogP contribution in [0.4, 0.5) is 0 Å². The molecule has 0 aromatic carbocycles. The normalized spacial score (nSPS) is 22.6. The fourth-order valence-corrected chi connectivity index (χ4v) is 2.78. The summed E-state index contributed by atoms with van der Waals surface area (Å²) in [7, 11) is 0. The molecule has 20 heavy (non-hydrogen) atoms. The fraction of sp³-hybridized carbons (Fsp3) is 0.786. The van der Waals surface area contributed by atoms with E-state index in [1.54, 1.807) is 0 Å². The predicted molar refractivity (Wildman–Crippen MR) is 73.0 cm³/mol. The third-order valence-corrected chi connectivity index (χ3v) is 3.76. The highest BCUT2D eigenvalue weighted by Gasteiger charge is 2.32. The first-order chi connectivity index (χ1) is 9.56. The minimum Gasteiger partial charge on any atom is -0.481 e. The lowest BCUT2D eigenvalue weighted by Crippen LogP contribution is -2.28. The Morgan fingerprint density at radius 2 is 2.30 bits per heavy atom. The molecule has 112 valence electrons. The van der Waals surface area contributed by atoms with Gasteiger partial charge in [-0.3, -0.25) is 4.79 Å². The molecule has 0 spiro atoms. The van der Waals surface area contributed by atoms with E-state index >= 15 is 0 Å². The summed E-state index contributed by atoms with van der Waals surface area (Å²) in [6.45, 7) is 5.42. The molecule has 1 heterocycles. The van der Waals surface area contributed by atoms with Crippen molar-refractivity contribution in [2.45, 2.75) is 46.1 Å². The van der Waals surface area contributed by atoms with Crippen LogP contribution in [-0.4, -0.2) is 27.8 Å². The van der Waals surface area contributed by atoms with Crippen LogP contribution in [0.15, 0.2) is 4.52 Å². The summed E-state index contributed by atoms with van der Waals surface area (Å²) in [6, 6.07) is 0. The monoisotopic (exact) mass is 281 g/mol. The number of aliphatic carboxylic acids is 1. The Morgan fingerprint density at radius 1 is 1.50 bits per heavy atom. The molecule has 0 amide bonds. The highest BCUT2D eigenvalue weighted by Crippen LogP contribution is 2.31. The van der Waals surface area contributed by atoms with E-state index in [0.717, 1.165) is 31.5 Å². The van der Waals surface area contributed by atoms with E-state index in [0.29, 0.717) is 24.9 Å². The number of carboxylic acid groups (broad SMARTS) is 1. The van der Waals surface area contributed by atoms with Gasteiger partial charge in [0.25, 0.3) is 0 Å². The number of nitrogens with one attached hydrogen (secondary N) is 1. The minimum atomic E-state index is -0.675. The Bertz CT molecular complexity index is 445. The van der Waals surface area contributed by atoms with Gasteiger partial charge >= 0.3 is 5.97 Å². The van der Waals surface area contributed by atoms with Gasteiger partial charge in [-0.15, -0.1) is 0 Å². The van der Waals surface area contributed by atoms with Crippen LogP contribution >= 0.6 is 0 Å². The van der Waals surface area contributed by atoms with Crippen molar-refractivity contribution >= 4 is 5.97 Å². The lowest BCUT2D eigenvalue weighted by atomic mass is 9.96. The van der Waals surface area contributed by atoms with Gasteiger partial charge in [0.15, 0.2) is 5.82 Å². The van der Waals surface area contributed by atoms with Gasteiger partial charge in [0.2, 0.25) is 5.89 Å². The van der Waals surface area contributed by atoms with E-state index in [4.69, 9.17) is 9.63 Å². The van der Waals surface area contributed by atoms with Crippen LogP contribution < -0.4 is 5.32 Å². The summed E-state index contributed by atoms with van der Waals surface area (Å²) in [5, 5.41) is 16.3. The van der Waals surface area contributed by atoms with Crippen LogP contribution in [0.5, 0.6) is 0 Å². The molecule has 1 aliphatic carbocycles. The zero-order valence-corrected chi connectivity index (χ0v) is 12.1. The summed E-state index contributed by atoms with van der Waals surface area (Å²) in [5.41, 5.74) is 0. The fourth-order valence-electron chi connectivity index (χ4n) is 2.78. The maximum atomic E-state index is 11.1. The molecular weight excluding hydrogens is 258 g/mol. The molecule has 1 fully saturated rings. The van der Waals surface area contributed by atoms with Crippen molar-refractivity contribution in [1.82, 2.24) is 15.5 Å². The van der Waals surface area contributed by atoms with Gasteiger partial charge in [-0.25, -0.2) is 0 Å².